The average molecular weight is 503 g/mol. The summed E-state index contributed by atoms with van der Waals surface area (Å²) >= 11 is 1.47. The summed E-state index contributed by atoms with van der Waals surface area (Å²) in [5.74, 6) is 0. The molecule has 0 amide bonds. The maximum Gasteiger partial charge on any atom is 0.269 e. The van der Waals surface area contributed by atoms with Gasteiger partial charge in [0, 0.05) is 36.6 Å². The number of nitrogens with zero attached hydrogens (tertiary/aromatic N) is 4. The van der Waals surface area contributed by atoms with E-state index in [0.717, 1.165) is 22.5 Å². The van der Waals surface area contributed by atoms with Crippen molar-refractivity contribution in [2.45, 2.75) is 31.2 Å². The molecule has 2 heterocycles. The maximum atomic E-state index is 12.9. The molecule has 0 radical (unpaired) electrons. The summed E-state index contributed by atoms with van der Waals surface area (Å²) in [7, 11) is -3.56. The number of hydrogen-bond acceptors (Lipinski definition) is 7. The van der Waals surface area contributed by atoms with Gasteiger partial charge < -0.3 is 9.30 Å². The lowest BCUT2D eigenvalue weighted by Gasteiger charge is -2.26. The number of hydrogen-bond donors (Lipinski definition) is 0. The van der Waals surface area contributed by atoms with Crippen molar-refractivity contribution >= 4 is 32.7 Å². The molecule has 34 heavy (non-hydrogen) atoms. The van der Waals surface area contributed by atoms with E-state index in [2.05, 4.69) is 18.4 Å². The standard InChI is InChI=1S/C23H26N4O5S2/c1-3-17(2)26-22(18-4-8-20(9-5-18)27(28)29)16-33-23(26)24-19-6-10-21(11-7-19)34(30,31)25-12-14-32-15-13-25/h4-11,16-17H,3,12-15H2,1-2H3. The van der Waals surface area contributed by atoms with Crippen molar-refractivity contribution in [1.82, 2.24) is 8.87 Å². The zero-order valence-electron chi connectivity index (χ0n) is 19.0. The van der Waals surface area contributed by atoms with Crippen molar-refractivity contribution < 1.29 is 18.1 Å². The highest BCUT2D eigenvalue weighted by Gasteiger charge is 2.26. The van der Waals surface area contributed by atoms with E-state index in [4.69, 9.17) is 9.73 Å². The second-order valence-electron chi connectivity index (χ2n) is 7.96. The van der Waals surface area contributed by atoms with Crippen LogP contribution in [0.3, 0.4) is 0 Å². The Kier molecular flexibility index (Phi) is 7.27. The van der Waals surface area contributed by atoms with Crippen LogP contribution in [0.25, 0.3) is 11.3 Å². The number of nitro benzene ring substituents is 1. The number of rotatable bonds is 7. The van der Waals surface area contributed by atoms with Gasteiger partial charge in [-0.3, -0.25) is 10.1 Å². The highest BCUT2D eigenvalue weighted by atomic mass is 32.2. The van der Waals surface area contributed by atoms with Crippen LogP contribution in [-0.2, 0) is 14.8 Å². The Balaban J connectivity index is 1.68. The zero-order chi connectivity index (χ0) is 24.3. The monoisotopic (exact) mass is 502 g/mol. The SMILES string of the molecule is CCC(C)n1c(-c2ccc([N+](=O)[O-])cc2)csc1=Nc1ccc(S(=O)(=O)N2CCOCC2)cc1. The number of benzene rings is 2. The van der Waals surface area contributed by atoms with Crippen LogP contribution in [0.15, 0.2) is 63.8 Å². The minimum absolute atomic E-state index is 0.0473. The molecule has 1 aliphatic rings. The lowest BCUT2D eigenvalue weighted by Crippen LogP contribution is -2.40. The lowest BCUT2D eigenvalue weighted by molar-refractivity contribution is -0.384. The molecule has 2 aromatic carbocycles. The fourth-order valence-corrected chi connectivity index (χ4v) is 6.14. The largest absolute Gasteiger partial charge is 0.379 e. The molecule has 180 valence electrons. The molecule has 0 bridgehead atoms. The van der Waals surface area contributed by atoms with Gasteiger partial charge in [0.2, 0.25) is 10.0 Å². The van der Waals surface area contributed by atoms with E-state index < -0.39 is 14.9 Å². The van der Waals surface area contributed by atoms with Gasteiger partial charge in [-0.05, 0) is 55.3 Å². The first-order valence-corrected chi connectivity index (χ1v) is 13.3. The molecule has 11 heteroatoms. The molecule has 1 unspecified atom stereocenters. The second-order valence-corrected chi connectivity index (χ2v) is 10.7. The molecule has 4 rings (SSSR count). The normalized spacial score (nSPS) is 16.5. The summed E-state index contributed by atoms with van der Waals surface area (Å²) < 4.78 is 34.5. The molecule has 0 N–H and O–H groups in total. The molecular formula is C23H26N4O5S2. The molecule has 0 saturated carbocycles. The van der Waals surface area contributed by atoms with Crippen LogP contribution in [0, 0.1) is 10.1 Å². The van der Waals surface area contributed by atoms with E-state index in [-0.39, 0.29) is 16.6 Å². The number of nitro groups is 1. The predicted molar refractivity (Wildman–Crippen MR) is 131 cm³/mol. The highest BCUT2D eigenvalue weighted by Crippen LogP contribution is 2.27. The van der Waals surface area contributed by atoms with Gasteiger partial charge in [-0.25, -0.2) is 13.4 Å². The number of thiazole rings is 1. The Morgan fingerprint density at radius 2 is 1.76 bits per heavy atom. The molecule has 1 aliphatic heterocycles. The summed E-state index contributed by atoms with van der Waals surface area (Å²) in [6.45, 7) is 5.69. The van der Waals surface area contributed by atoms with Crippen molar-refractivity contribution in [2.75, 3.05) is 26.3 Å². The number of non-ortho nitro benzene ring substituents is 1. The molecule has 1 aromatic heterocycles. The summed E-state index contributed by atoms with van der Waals surface area (Å²) in [6.07, 6.45) is 0.876. The fourth-order valence-electron chi connectivity index (χ4n) is 3.71. The number of aromatic nitrogens is 1. The van der Waals surface area contributed by atoms with E-state index in [9.17, 15) is 18.5 Å². The van der Waals surface area contributed by atoms with E-state index in [0.29, 0.717) is 32.0 Å². The topological polar surface area (TPSA) is 107 Å². The first-order chi connectivity index (χ1) is 16.3. The molecule has 1 saturated heterocycles. The molecule has 1 atom stereocenters. The third-order valence-corrected chi connectivity index (χ3v) is 8.57. The van der Waals surface area contributed by atoms with Crippen molar-refractivity contribution in [3.63, 3.8) is 0 Å². The maximum absolute atomic E-state index is 12.9. The third kappa shape index (κ3) is 4.97. The van der Waals surface area contributed by atoms with Crippen LogP contribution in [0.4, 0.5) is 11.4 Å². The van der Waals surface area contributed by atoms with Gasteiger partial charge in [-0.15, -0.1) is 11.3 Å². The average Bonchev–Trinajstić information content (AvgIpc) is 3.28. The van der Waals surface area contributed by atoms with Crippen molar-refractivity contribution in [3.8, 4) is 11.3 Å². The summed E-state index contributed by atoms with van der Waals surface area (Å²) in [4.78, 5) is 16.4. The Morgan fingerprint density at radius 1 is 1.12 bits per heavy atom. The van der Waals surface area contributed by atoms with Gasteiger partial charge >= 0.3 is 0 Å². The highest BCUT2D eigenvalue weighted by molar-refractivity contribution is 7.89. The number of sulfonamides is 1. The smallest absolute Gasteiger partial charge is 0.269 e. The van der Waals surface area contributed by atoms with Gasteiger partial charge in [0.1, 0.15) is 0 Å². The molecular weight excluding hydrogens is 476 g/mol. The Morgan fingerprint density at radius 3 is 2.35 bits per heavy atom. The van der Waals surface area contributed by atoms with Gasteiger partial charge in [0.25, 0.3) is 5.69 Å². The molecule has 0 aliphatic carbocycles. The van der Waals surface area contributed by atoms with E-state index in [1.807, 2.05) is 5.38 Å². The van der Waals surface area contributed by atoms with Gasteiger partial charge in [0.05, 0.1) is 34.4 Å². The third-order valence-electron chi connectivity index (χ3n) is 5.82. The first-order valence-electron chi connectivity index (χ1n) is 11.0. The van der Waals surface area contributed by atoms with Crippen molar-refractivity contribution in [1.29, 1.82) is 0 Å². The summed E-state index contributed by atoms with van der Waals surface area (Å²) in [6, 6.07) is 13.2. The molecule has 0 spiro atoms. The van der Waals surface area contributed by atoms with Crippen LogP contribution >= 0.6 is 11.3 Å². The number of morpholine rings is 1. The Hall–Kier alpha value is -2.86. The lowest BCUT2D eigenvalue weighted by atomic mass is 10.1. The minimum atomic E-state index is -3.56. The number of ether oxygens (including phenoxy) is 1. The Labute approximate surface area is 202 Å². The summed E-state index contributed by atoms with van der Waals surface area (Å²) in [5, 5.41) is 13.0. The van der Waals surface area contributed by atoms with Crippen LogP contribution in [0.2, 0.25) is 0 Å². The minimum Gasteiger partial charge on any atom is -0.379 e. The van der Waals surface area contributed by atoms with E-state index >= 15 is 0 Å². The summed E-state index contributed by atoms with van der Waals surface area (Å²) in [5.41, 5.74) is 2.50. The fraction of sp³-hybridized carbons (Fsp3) is 0.348. The van der Waals surface area contributed by atoms with Gasteiger partial charge in [-0.2, -0.15) is 4.31 Å². The van der Waals surface area contributed by atoms with E-state index in [1.165, 1.54) is 27.8 Å². The van der Waals surface area contributed by atoms with Crippen LogP contribution in [0.5, 0.6) is 0 Å². The Bertz CT molecular complexity index is 1320. The van der Waals surface area contributed by atoms with Crippen LogP contribution in [0.1, 0.15) is 26.3 Å². The molecule has 3 aromatic rings. The van der Waals surface area contributed by atoms with Crippen molar-refractivity contribution in [3.05, 3.63) is 68.8 Å². The van der Waals surface area contributed by atoms with Crippen LogP contribution < -0.4 is 4.80 Å². The van der Waals surface area contributed by atoms with Crippen molar-refractivity contribution in [2.24, 2.45) is 4.99 Å². The van der Waals surface area contributed by atoms with Gasteiger partial charge in [0.15, 0.2) is 4.80 Å². The second kappa shape index (κ2) is 10.2. The quantitative estimate of drug-likeness (QED) is 0.353. The molecule has 1 fully saturated rings. The predicted octanol–water partition coefficient (Wildman–Crippen LogP) is 4.35. The first kappa shape index (κ1) is 24.3. The molecule has 9 nitrogen and oxygen atoms in total. The van der Waals surface area contributed by atoms with Gasteiger partial charge in [-0.1, -0.05) is 6.92 Å². The van der Waals surface area contributed by atoms with Crippen LogP contribution in [-0.4, -0.2) is 48.5 Å². The zero-order valence-corrected chi connectivity index (χ0v) is 20.6. The van der Waals surface area contributed by atoms with E-state index in [1.54, 1.807) is 36.4 Å².